The summed E-state index contributed by atoms with van der Waals surface area (Å²) >= 11 is 0. The third-order valence-corrected chi connectivity index (χ3v) is 4.54. The minimum absolute atomic E-state index is 0.151. The molecule has 25 heavy (non-hydrogen) atoms. The number of aryl methyl sites for hydroxylation is 2. The Hall–Kier alpha value is -2.43. The van der Waals surface area contributed by atoms with E-state index >= 15 is 0 Å². The second-order valence-electron chi connectivity index (χ2n) is 6.76. The van der Waals surface area contributed by atoms with Crippen molar-refractivity contribution in [3.8, 4) is 0 Å². The Morgan fingerprint density at radius 3 is 2.40 bits per heavy atom. The second kappa shape index (κ2) is 8.10. The molecule has 5 nitrogen and oxygen atoms in total. The van der Waals surface area contributed by atoms with Crippen molar-refractivity contribution in [2.75, 3.05) is 18.0 Å². The van der Waals surface area contributed by atoms with E-state index in [1.807, 2.05) is 31.2 Å². The molecule has 0 saturated carbocycles. The number of nitrogens with one attached hydrogen (secondary N) is 1. The van der Waals surface area contributed by atoms with Crippen LogP contribution in [-0.4, -0.2) is 29.0 Å². The summed E-state index contributed by atoms with van der Waals surface area (Å²) in [5.41, 5.74) is 3.56. The average Bonchev–Trinajstić information content (AvgIpc) is 2.90. The molecule has 2 heterocycles. The van der Waals surface area contributed by atoms with Crippen molar-refractivity contribution >= 4 is 11.9 Å². The zero-order valence-electron chi connectivity index (χ0n) is 15.1. The standard InChI is InChI=1S/C20H26N4O/c1-15-7-9-17(10-8-15)14-21-19(25)18-13-16(2)22-20(23-18)24-11-5-3-4-6-12-24/h7-10,13H,3-6,11-12,14H2,1-2H3,(H,21,25). The van der Waals surface area contributed by atoms with Crippen LogP contribution in [0.3, 0.4) is 0 Å². The molecule has 0 bridgehead atoms. The van der Waals surface area contributed by atoms with Gasteiger partial charge in [0, 0.05) is 25.3 Å². The number of rotatable bonds is 4. The predicted molar refractivity (Wildman–Crippen MR) is 99.8 cm³/mol. The summed E-state index contributed by atoms with van der Waals surface area (Å²) in [6.07, 6.45) is 4.83. The molecule has 2 aromatic rings. The van der Waals surface area contributed by atoms with Gasteiger partial charge in [0.2, 0.25) is 5.95 Å². The molecular weight excluding hydrogens is 312 g/mol. The highest BCUT2D eigenvalue weighted by atomic mass is 16.1. The second-order valence-corrected chi connectivity index (χ2v) is 6.76. The zero-order valence-corrected chi connectivity index (χ0v) is 15.1. The normalized spacial score (nSPS) is 14.9. The van der Waals surface area contributed by atoms with Gasteiger partial charge in [0.05, 0.1) is 0 Å². The Kier molecular flexibility index (Phi) is 5.64. The van der Waals surface area contributed by atoms with Gasteiger partial charge in [-0.05, 0) is 38.3 Å². The van der Waals surface area contributed by atoms with Crippen molar-refractivity contribution in [3.63, 3.8) is 0 Å². The average molecular weight is 338 g/mol. The molecule has 1 aliphatic heterocycles. The van der Waals surface area contributed by atoms with Crippen LogP contribution in [0.2, 0.25) is 0 Å². The fraction of sp³-hybridized carbons (Fsp3) is 0.450. The van der Waals surface area contributed by atoms with Gasteiger partial charge in [-0.2, -0.15) is 0 Å². The van der Waals surface area contributed by atoms with Gasteiger partial charge in [-0.3, -0.25) is 4.79 Å². The molecular formula is C20H26N4O. The van der Waals surface area contributed by atoms with E-state index in [4.69, 9.17) is 0 Å². The first-order valence-electron chi connectivity index (χ1n) is 9.06. The van der Waals surface area contributed by atoms with E-state index in [1.165, 1.54) is 18.4 Å². The van der Waals surface area contributed by atoms with Crippen molar-refractivity contribution in [3.05, 3.63) is 52.8 Å². The first-order chi connectivity index (χ1) is 12.1. The molecule has 1 saturated heterocycles. The molecule has 0 unspecified atom stereocenters. The van der Waals surface area contributed by atoms with Gasteiger partial charge in [-0.25, -0.2) is 9.97 Å². The topological polar surface area (TPSA) is 58.1 Å². The number of hydrogen-bond acceptors (Lipinski definition) is 4. The quantitative estimate of drug-likeness (QED) is 0.928. The van der Waals surface area contributed by atoms with Gasteiger partial charge in [0.1, 0.15) is 5.69 Å². The Morgan fingerprint density at radius 2 is 1.72 bits per heavy atom. The molecule has 1 aliphatic rings. The molecule has 0 radical (unpaired) electrons. The van der Waals surface area contributed by atoms with Crippen molar-refractivity contribution in [1.29, 1.82) is 0 Å². The number of anilines is 1. The molecule has 132 valence electrons. The van der Waals surface area contributed by atoms with Crippen LogP contribution in [-0.2, 0) is 6.54 Å². The lowest BCUT2D eigenvalue weighted by Gasteiger charge is -2.21. The fourth-order valence-corrected chi connectivity index (χ4v) is 3.06. The molecule has 3 rings (SSSR count). The van der Waals surface area contributed by atoms with Crippen molar-refractivity contribution in [2.24, 2.45) is 0 Å². The summed E-state index contributed by atoms with van der Waals surface area (Å²) in [5.74, 6) is 0.532. The Morgan fingerprint density at radius 1 is 1.04 bits per heavy atom. The number of carbonyl (C=O) groups is 1. The zero-order chi connectivity index (χ0) is 17.6. The molecule has 1 amide bonds. The van der Waals surface area contributed by atoms with E-state index in [-0.39, 0.29) is 5.91 Å². The van der Waals surface area contributed by atoms with Crippen LogP contribution >= 0.6 is 0 Å². The Balaban J connectivity index is 1.70. The SMILES string of the molecule is Cc1ccc(CNC(=O)c2cc(C)nc(N3CCCCCC3)n2)cc1. The third-order valence-electron chi connectivity index (χ3n) is 4.54. The molecule has 1 aromatic heterocycles. The highest BCUT2D eigenvalue weighted by Crippen LogP contribution is 2.16. The summed E-state index contributed by atoms with van der Waals surface area (Å²) in [7, 11) is 0. The number of carbonyl (C=O) groups excluding carboxylic acids is 1. The van der Waals surface area contributed by atoms with Gasteiger partial charge in [0.25, 0.3) is 5.91 Å². The van der Waals surface area contributed by atoms with Crippen molar-refractivity contribution in [1.82, 2.24) is 15.3 Å². The molecule has 0 aliphatic carbocycles. The van der Waals surface area contributed by atoms with E-state index in [9.17, 15) is 4.79 Å². The van der Waals surface area contributed by atoms with Crippen LogP contribution in [0.4, 0.5) is 5.95 Å². The molecule has 1 aromatic carbocycles. The predicted octanol–water partition coefficient (Wildman–Crippen LogP) is 3.40. The molecule has 0 atom stereocenters. The number of benzene rings is 1. The van der Waals surface area contributed by atoms with Crippen LogP contribution < -0.4 is 10.2 Å². The van der Waals surface area contributed by atoms with Crippen LogP contribution in [0, 0.1) is 13.8 Å². The van der Waals surface area contributed by atoms with Crippen LogP contribution in [0.1, 0.15) is 53.0 Å². The van der Waals surface area contributed by atoms with Gasteiger partial charge in [0.15, 0.2) is 0 Å². The largest absolute Gasteiger partial charge is 0.347 e. The lowest BCUT2D eigenvalue weighted by atomic mass is 10.1. The molecule has 1 N–H and O–H groups in total. The summed E-state index contributed by atoms with van der Waals surface area (Å²) in [6, 6.07) is 9.92. The van der Waals surface area contributed by atoms with Gasteiger partial charge < -0.3 is 10.2 Å². The Labute approximate surface area is 149 Å². The first kappa shape index (κ1) is 17.4. The van der Waals surface area contributed by atoms with E-state index in [2.05, 4.69) is 27.1 Å². The molecule has 1 fully saturated rings. The van der Waals surface area contributed by atoms with Crippen LogP contribution in [0.5, 0.6) is 0 Å². The molecule has 0 spiro atoms. The minimum atomic E-state index is -0.151. The Bertz CT molecular complexity index is 719. The van der Waals surface area contributed by atoms with E-state index in [0.29, 0.717) is 18.2 Å². The van der Waals surface area contributed by atoms with E-state index < -0.39 is 0 Å². The number of amides is 1. The third kappa shape index (κ3) is 4.78. The molecule has 5 heteroatoms. The lowest BCUT2D eigenvalue weighted by molar-refractivity contribution is 0.0945. The van der Waals surface area contributed by atoms with Crippen molar-refractivity contribution in [2.45, 2.75) is 46.1 Å². The maximum Gasteiger partial charge on any atom is 0.270 e. The summed E-state index contributed by atoms with van der Waals surface area (Å²) in [4.78, 5) is 23.8. The van der Waals surface area contributed by atoms with Crippen molar-refractivity contribution < 1.29 is 4.79 Å². The smallest absolute Gasteiger partial charge is 0.270 e. The monoisotopic (exact) mass is 338 g/mol. The van der Waals surface area contributed by atoms with Gasteiger partial charge in [-0.15, -0.1) is 0 Å². The van der Waals surface area contributed by atoms with E-state index in [0.717, 1.165) is 37.2 Å². The maximum atomic E-state index is 12.5. The summed E-state index contributed by atoms with van der Waals surface area (Å²) < 4.78 is 0. The lowest BCUT2D eigenvalue weighted by Crippen LogP contribution is -2.29. The number of hydrogen-bond donors (Lipinski definition) is 1. The van der Waals surface area contributed by atoms with Crippen LogP contribution in [0.25, 0.3) is 0 Å². The summed E-state index contributed by atoms with van der Waals surface area (Å²) in [5, 5.41) is 2.96. The van der Waals surface area contributed by atoms with Gasteiger partial charge >= 0.3 is 0 Å². The maximum absolute atomic E-state index is 12.5. The first-order valence-corrected chi connectivity index (χ1v) is 9.06. The number of nitrogens with zero attached hydrogens (tertiary/aromatic N) is 3. The summed E-state index contributed by atoms with van der Waals surface area (Å²) in [6.45, 7) is 6.40. The fourth-order valence-electron chi connectivity index (χ4n) is 3.06. The minimum Gasteiger partial charge on any atom is -0.347 e. The highest BCUT2D eigenvalue weighted by molar-refractivity contribution is 5.92. The number of aromatic nitrogens is 2. The van der Waals surface area contributed by atoms with Crippen LogP contribution in [0.15, 0.2) is 30.3 Å². The van der Waals surface area contributed by atoms with Gasteiger partial charge in [-0.1, -0.05) is 42.7 Å². The van der Waals surface area contributed by atoms with E-state index in [1.54, 1.807) is 6.07 Å². The highest BCUT2D eigenvalue weighted by Gasteiger charge is 2.16.